The molecule has 1 N–H and O–H groups in total. The fourth-order valence-corrected chi connectivity index (χ4v) is 3.43. The molecule has 0 aromatic carbocycles. The lowest BCUT2D eigenvalue weighted by Gasteiger charge is -2.15. The molecule has 3 nitrogen and oxygen atoms in total. The van der Waals surface area contributed by atoms with Crippen molar-refractivity contribution in [1.29, 1.82) is 0 Å². The molecule has 0 aromatic rings. The molecule has 1 rings (SSSR count). The predicted octanol–water partition coefficient (Wildman–Crippen LogP) is 4.77. The van der Waals surface area contributed by atoms with Gasteiger partial charge < -0.3 is 9.42 Å². The standard InChI is InChI=1S/C14H25O3P/c1-3-5-11-14(18(15,16)17-4-2)12-13-9-7-6-8-10-13/h3-11H2,1-2H3,(H,15,16). The number of hydrogen-bond donors (Lipinski definition) is 1. The van der Waals surface area contributed by atoms with Gasteiger partial charge in [0.2, 0.25) is 0 Å². The van der Waals surface area contributed by atoms with Gasteiger partial charge in [-0.25, -0.2) is 0 Å². The first-order valence-corrected chi connectivity index (χ1v) is 8.63. The largest absolute Gasteiger partial charge is 0.362 e. The van der Waals surface area contributed by atoms with E-state index in [0.29, 0.717) is 11.7 Å². The molecule has 1 unspecified atom stereocenters. The summed E-state index contributed by atoms with van der Waals surface area (Å²) in [6.45, 7) is 4.09. The lowest BCUT2D eigenvalue weighted by molar-refractivity contribution is 0.279. The molecular weight excluding hydrogens is 247 g/mol. The lowest BCUT2D eigenvalue weighted by Crippen LogP contribution is -1.96. The van der Waals surface area contributed by atoms with Crippen molar-refractivity contribution in [1.82, 2.24) is 0 Å². The molecule has 1 aliphatic rings. The van der Waals surface area contributed by atoms with E-state index in [1.54, 1.807) is 6.92 Å². The van der Waals surface area contributed by atoms with Gasteiger partial charge in [-0.15, -0.1) is 5.73 Å². The first-order chi connectivity index (χ1) is 8.60. The van der Waals surface area contributed by atoms with Crippen LogP contribution >= 0.6 is 7.60 Å². The number of hydrogen-bond acceptors (Lipinski definition) is 2. The highest BCUT2D eigenvalue weighted by molar-refractivity contribution is 7.57. The van der Waals surface area contributed by atoms with E-state index in [0.717, 1.165) is 25.7 Å². The molecule has 0 radical (unpaired) electrons. The van der Waals surface area contributed by atoms with E-state index < -0.39 is 7.60 Å². The van der Waals surface area contributed by atoms with Gasteiger partial charge in [0.05, 0.1) is 11.9 Å². The maximum Gasteiger partial charge on any atom is 0.362 e. The van der Waals surface area contributed by atoms with Gasteiger partial charge in [-0.05, 0) is 51.0 Å². The Kier molecular flexibility index (Phi) is 6.96. The molecule has 0 bridgehead atoms. The third-order valence-corrected chi connectivity index (χ3v) is 4.82. The minimum absolute atomic E-state index is 0.264. The molecule has 0 aromatic heterocycles. The highest BCUT2D eigenvalue weighted by Gasteiger charge is 2.25. The van der Waals surface area contributed by atoms with Gasteiger partial charge in [0.15, 0.2) is 0 Å². The summed E-state index contributed by atoms with van der Waals surface area (Å²) >= 11 is 0. The zero-order valence-electron chi connectivity index (χ0n) is 11.6. The Labute approximate surface area is 110 Å². The average Bonchev–Trinajstić information content (AvgIpc) is 2.35. The van der Waals surface area contributed by atoms with E-state index in [9.17, 15) is 9.46 Å². The van der Waals surface area contributed by atoms with Crippen molar-refractivity contribution in [3.63, 3.8) is 0 Å². The Morgan fingerprint density at radius 3 is 2.56 bits per heavy atom. The molecule has 4 heteroatoms. The SMILES string of the molecule is CCCCC(=C=C1CCCCC1)P(=O)(O)OCC. The Morgan fingerprint density at radius 1 is 1.33 bits per heavy atom. The molecule has 0 spiro atoms. The van der Waals surface area contributed by atoms with Crippen molar-refractivity contribution in [3.05, 3.63) is 16.6 Å². The topological polar surface area (TPSA) is 46.5 Å². The molecule has 1 atom stereocenters. The second-order valence-corrected chi connectivity index (χ2v) is 6.62. The molecule has 0 heterocycles. The predicted molar refractivity (Wildman–Crippen MR) is 74.6 cm³/mol. The van der Waals surface area contributed by atoms with Crippen LogP contribution in [-0.2, 0) is 9.09 Å². The third kappa shape index (κ3) is 5.12. The fourth-order valence-electron chi connectivity index (χ4n) is 2.18. The van der Waals surface area contributed by atoms with Crippen LogP contribution in [0, 0.1) is 0 Å². The lowest BCUT2D eigenvalue weighted by atomic mass is 9.95. The first kappa shape index (κ1) is 15.7. The smallest absolute Gasteiger partial charge is 0.321 e. The van der Waals surface area contributed by atoms with Gasteiger partial charge in [0, 0.05) is 0 Å². The monoisotopic (exact) mass is 272 g/mol. The van der Waals surface area contributed by atoms with Gasteiger partial charge in [-0.1, -0.05) is 19.8 Å². The van der Waals surface area contributed by atoms with Crippen LogP contribution < -0.4 is 0 Å². The van der Waals surface area contributed by atoms with Crippen LogP contribution in [0.3, 0.4) is 0 Å². The normalized spacial score (nSPS) is 19.2. The van der Waals surface area contributed by atoms with Crippen LogP contribution in [0.25, 0.3) is 0 Å². The molecular formula is C14H25O3P. The summed E-state index contributed by atoms with van der Waals surface area (Å²) in [6, 6.07) is 0. The zero-order chi connectivity index (χ0) is 13.4. The summed E-state index contributed by atoms with van der Waals surface area (Å²) < 4.78 is 17.1. The summed E-state index contributed by atoms with van der Waals surface area (Å²) in [5.41, 5.74) is 4.41. The molecule has 0 aliphatic heterocycles. The fraction of sp³-hybridized carbons (Fsp3) is 0.786. The van der Waals surface area contributed by atoms with Crippen molar-refractivity contribution in [2.45, 2.75) is 65.2 Å². The van der Waals surface area contributed by atoms with Crippen LogP contribution in [0.2, 0.25) is 0 Å². The van der Waals surface area contributed by atoms with Crippen LogP contribution in [0.5, 0.6) is 0 Å². The van der Waals surface area contributed by atoms with Crippen molar-refractivity contribution in [3.8, 4) is 0 Å². The molecule has 104 valence electrons. The molecule has 0 saturated heterocycles. The van der Waals surface area contributed by atoms with E-state index >= 15 is 0 Å². The molecule has 18 heavy (non-hydrogen) atoms. The summed E-state index contributed by atoms with van der Waals surface area (Å²) in [5.74, 6) is 0. The summed E-state index contributed by atoms with van der Waals surface area (Å²) in [6.07, 6.45) is 8.18. The highest BCUT2D eigenvalue weighted by Crippen LogP contribution is 2.52. The summed E-state index contributed by atoms with van der Waals surface area (Å²) in [7, 11) is -3.61. The summed E-state index contributed by atoms with van der Waals surface area (Å²) in [5, 5.41) is 0.489. The second-order valence-electron chi connectivity index (χ2n) is 4.78. The molecule has 1 fully saturated rings. The number of allylic oxidation sites excluding steroid dienone is 1. The van der Waals surface area contributed by atoms with Crippen molar-refractivity contribution < 1.29 is 14.0 Å². The van der Waals surface area contributed by atoms with Crippen molar-refractivity contribution in [2.75, 3.05) is 6.61 Å². The second kappa shape index (κ2) is 7.96. The van der Waals surface area contributed by atoms with E-state index in [1.165, 1.54) is 24.8 Å². The van der Waals surface area contributed by atoms with E-state index in [1.807, 2.05) is 0 Å². The van der Waals surface area contributed by atoms with Crippen LogP contribution in [0.15, 0.2) is 16.6 Å². The molecule has 0 amide bonds. The van der Waals surface area contributed by atoms with Crippen LogP contribution in [0.1, 0.15) is 65.2 Å². The number of unbranched alkanes of at least 4 members (excludes halogenated alkanes) is 1. The number of rotatable bonds is 6. The quantitative estimate of drug-likeness (QED) is 0.559. The van der Waals surface area contributed by atoms with Crippen LogP contribution in [0.4, 0.5) is 0 Å². The Morgan fingerprint density at radius 2 is 2.00 bits per heavy atom. The third-order valence-electron chi connectivity index (χ3n) is 3.19. The molecule has 1 aliphatic carbocycles. The Hall–Kier alpha value is -0.330. The maximum atomic E-state index is 12.1. The zero-order valence-corrected chi connectivity index (χ0v) is 12.5. The summed E-state index contributed by atoms with van der Waals surface area (Å²) in [4.78, 5) is 9.95. The van der Waals surface area contributed by atoms with Gasteiger partial charge in [-0.2, -0.15) is 0 Å². The van der Waals surface area contributed by atoms with Gasteiger partial charge in [0.1, 0.15) is 0 Å². The highest BCUT2D eigenvalue weighted by atomic mass is 31.2. The van der Waals surface area contributed by atoms with Crippen LogP contribution in [-0.4, -0.2) is 11.5 Å². The minimum Gasteiger partial charge on any atom is -0.321 e. The Bertz CT molecular complexity index is 359. The van der Waals surface area contributed by atoms with E-state index in [4.69, 9.17) is 4.52 Å². The van der Waals surface area contributed by atoms with Gasteiger partial charge >= 0.3 is 7.60 Å². The van der Waals surface area contributed by atoms with Crippen molar-refractivity contribution >= 4 is 7.60 Å². The van der Waals surface area contributed by atoms with Gasteiger partial charge in [-0.3, -0.25) is 4.57 Å². The van der Waals surface area contributed by atoms with Gasteiger partial charge in [0.25, 0.3) is 0 Å². The van der Waals surface area contributed by atoms with Crippen molar-refractivity contribution in [2.24, 2.45) is 0 Å². The first-order valence-electron chi connectivity index (χ1n) is 7.05. The minimum atomic E-state index is -3.61. The van der Waals surface area contributed by atoms with E-state index in [2.05, 4.69) is 12.7 Å². The average molecular weight is 272 g/mol. The maximum absolute atomic E-state index is 12.1. The molecule has 1 saturated carbocycles. The van der Waals surface area contributed by atoms with E-state index in [-0.39, 0.29) is 6.61 Å². The Balaban J connectivity index is 2.95.